The van der Waals surface area contributed by atoms with Crippen LogP contribution in [-0.4, -0.2) is 25.7 Å². The predicted octanol–water partition coefficient (Wildman–Crippen LogP) is 3.36. The molecule has 0 aliphatic rings. The number of nitrogens with zero attached hydrogens (tertiary/aromatic N) is 4. The SMILES string of the molecule is Cc1ccc2c(NC(=O)C(C)n3nc(-c4cccnc4)ccc3=O)cccc2n1. The van der Waals surface area contributed by atoms with Crippen LogP contribution in [0.1, 0.15) is 18.7 Å². The quantitative estimate of drug-likeness (QED) is 0.582. The number of nitrogens with one attached hydrogen (secondary N) is 1. The minimum absolute atomic E-state index is 0.337. The van der Waals surface area contributed by atoms with E-state index in [4.69, 9.17) is 0 Å². The fraction of sp³-hybridized carbons (Fsp3) is 0.136. The van der Waals surface area contributed by atoms with Gasteiger partial charge in [-0.1, -0.05) is 6.07 Å². The molecular weight excluding hydrogens is 366 g/mol. The summed E-state index contributed by atoms with van der Waals surface area (Å²) in [5.74, 6) is -0.337. The van der Waals surface area contributed by atoms with Gasteiger partial charge in [0.25, 0.3) is 5.56 Å². The Balaban J connectivity index is 1.64. The monoisotopic (exact) mass is 385 g/mol. The van der Waals surface area contributed by atoms with Gasteiger partial charge in [0.2, 0.25) is 5.91 Å². The molecule has 0 bridgehead atoms. The summed E-state index contributed by atoms with van der Waals surface area (Å²) in [7, 11) is 0. The van der Waals surface area contributed by atoms with Crippen LogP contribution >= 0.6 is 0 Å². The minimum Gasteiger partial charge on any atom is -0.324 e. The zero-order chi connectivity index (χ0) is 20.4. The molecule has 0 fully saturated rings. The third kappa shape index (κ3) is 3.75. The van der Waals surface area contributed by atoms with Gasteiger partial charge in [-0.15, -0.1) is 0 Å². The lowest BCUT2D eigenvalue weighted by molar-refractivity contribution is -0.119. The summed E-state index contributed by atoms with van der Waals surface area (Å²) in [5, 5.41) is 8.10. The maximum Gasteiger partial charge on any atom is 0.267 e. The van der Waals surface area contributed by atoms with Crippen molar-refractivity contribution < 1.29 is 4.79 Å². The Morgan fingerprint density at radius 1 is 1.07 bits per heavy atom. The standard InChI is InChI=1S/C22H19N5O2/c1-14-8-9-17-19(24-14)6-3-7-20(17)25-22(29)15(2)27-21(28)11-10-18(26-27)16-5-4-12-23-13-16/h3-13,15H,1-2H3,(H,25,29). The fourth-order valence-corrected chi connectivity index (χ4v) is 3.09. The highest BCUT2D eigenvalue weighted by Gasteiger charge is 2.19. The van der Waals surface area contributed by atoms with E-state index in [1.807, 2.05) is 43.3 Å². The number of amides is 1. The van der Waals surface area contributed by atoms with Crippen molar-refractivity contribution in [1.29, 1.82) is 0 Å². The van der Waals surface area contributed by atoms with Crippen LogP contribution in [-0.2, 0) is 4.79 Å². The van der Waals surface area contributed by atoms with E-state index in [0.29, 0.717) is 11.4 Å². The lowest BCUT2D eigenvalue weighted by Crippen LogP contribution is -2.33. The van der Waals surface area contributed by atoms with Crippen molar-refractivity contribution in [3.8, 4) is 11.3 Å². The summed E-state index contributed by atoms with van der Waals surface area (Å²) in [6.07, 6.45) is 3.32. The highest BCUT2D eigenvalue weighted by atomic mass is 16.2. The molecule has 7 nitrogen and oxygen atoms in total. The average molecular weight is 385 g/mol. The molecule has 4 rings (SSSR count). The molecular formula is C22H19N5O2. The number of carbonyl (C=O) groups excluding carboxylic acids is 1. The first-order valence-electron chi connectivity index (χ1n) is 9.20. The minimum atomic E-state index is -0.798. The normalized spacial score (nSPS) is 11.9. The van der Waals surface area contributed by atoms with Gasteiger partial charge in [-0.2, -0.15) is 5.10 Å². The first kappa shape index (κ1) is 18.5. The van der Waals surface area contributed by atoms with E-state index < -0.39 is 6.04 Å². The smallest absolute Gasteiger partial charge is 0.267 e. The molecule has 0 saturated carbocycles. The Bertz CT molecular complexity index is 1250. The number of aromatic nitrogens is 4. The van der Waals surface area contributed by atoms with Gasteiger partial charge in [0.1, 0.15) is 6.04 Å². The van der Waals surface area contributed by atoms with Gasteiger partial charge >= 0.3 is 0 Å². The topological polar surface area (TPSA) is 89.8 Å². The Morgan fingerprint density at radius 2 is 1.93 bits per heavy atom. The maximum atomic E-state index is 12.9. The molecule has 0 spiro atoms. The Morgan fingerprint density at radius 3 is 2.72 bits per heavy atom. The molecule has 4 aromatic rings. The molecule has 1 N–H and O–H groups in total. The number of pyridine rings is 2. The molecule has 3 heterocycles. The summed E-state index contributed by atoms with van der Waals surface area (Å²) in [6, 6.07) is 15.2. The summed E-state index contributed by atoms with van der Waals surface area (Å²) in [5.41, 5.74) is 3.33. The second-order valence-corrected chi connectivity index (χ2v) is 6.73. The van der Waals surface area contributed by atoms with Crippen LogP contribution in [0, 0.1) is 6.92 Å². The predicted molar refractivity (Wildman–Crippen MR) is 112 cm³/mol. The van der Waals surface area contributed by atoms with Crippen LogP contribution in [0.4, 0.5) is 5.69 Å². The summed E-state index contributed by atoms with van der Waals surface area (Å²) >= 11 is 0. The Hall–Kier alpha value is -3.87. The largest absolute Gasteiger partial charge is 0.324 e. The number of aryl methyl sites for hydroxylation is 1. The third-order valence-electron chi connectivity index (χ3n) is 4.66. The molecule has 0 radical (unpaired) electrons. The molecule has 3 aromatic heterocycles. The van der Waals surface area contributed by atoms with Crippen LogP contribution < -0.4 is 10.9 Å². The van der Waals surface area contributed by atoms with Crippen molar-refractivity contribution in [3.63, 3.8) is 0 Å². The lowest BCUT2D eigenvalue weighted by atomic mass is 10.1. The first-order chi connectivity index (χ1) is 14.0. The zero-order valence-corrected chi connectivity index (χ0v) is 16.0. The average Bonchev–Trinajstić information content (AvgIpc) is 2.74. The number of carbonyl (C=O) groups is 1. The molecule has 29 heavy (non-hydrogen) atoms. The third-order valence-corrected chi connectivity index (χ3v) is 4.66. The maximum absolute atomic E-state index is 12.9. The summed E-state index contributed by atoms with van der Waals surface area (Å²) < 4.78 is 1.19. The number of hydrogen-bond donors (Lipinski definition) is 1. The molecule has 144 valence electrons. The number of rotatable bonds is 4. The molecule has 1 atom stereocenters. The van der Waals surface area contributed by atoms with Gasteiger partial charge in [-0.05, 0) is 56.3 Å². The van der Waals surface area contributed by atoms with Crippen molar-refractivity contribution in [1.82, 2.24) is 19.7 Å². The first-order valence-corrected chi connectivity index (χ1v) is 9.20. The van der Waals surface area contributed by atoms with Crippen LogP contribution in [0.5, 0.6) is 0 Å². The van der Waals surface area contributed by atoms with Gasteiger partial charge in [0.05, 0.1) is 16.9 Å². The zero-order valence-electron chi connectivity index (χ0n) is 16.0. The molecule has 0 aliphatic carbocycles. The number of hydrogen-bond acceptors (Lipinski definition) is 5. The van der Waals surface area contributed by atoms with Gasteiger partial charge in [0, 0.05) is 35.1 Å². The van der Waals surface area contributed by atoms with E-state index in [2.05, 4.69) is 20.4 Å². The van der Waals surface area contributed by atoms with Gasteiger partial charge in [0.15, 0.2) is 0 Å². The van der Waals surface area contributed by atoms with Gasteiger partial charge in [-0.3, -0.25) is 19.6 Å². The highest BCUT2D eigenvalue weighted by molar-refractivity contribution is 6.02. The van der Waals surface area contributed by atoms with Crippen LogP contribution in [0.2, 0.25) is 0 Å². The van der Waals surface area contributed by atoms with Gasteiger partial charge in [-0.25, -0.2) is 4.68 Å². The van der Waals surface area contributed by atoms with E-state index in [1.54, 1.807) is 31.5 Å². The van der Waals surface area contributed by atoms with E-state index >= 15 is 0 Å². The van der Waals surface area contributed by atoms with E-state index in [9.17, 15) is 9.59 Å². The number of anilines is 1. The van der Waals surface area contributed by atoms with Crippen molar-refractivity contribution >= 4 is 22.5 Å². The second kappa shape index (κ2) is 7.63. The molecule has 7 heteroatoms. The molecule has 0 saturated heterocycles. The van der Waals surface area contributed by atoms with Crippen molar-refractivity contribution in [2.24, 2.45) is 0 Å². The van der Waals surface area contributed by atoms with Gasteiger partial charge < -0.3 is 5.32 Å². The lowest BCUT2D eigenvalue weighted by Gasteiger charge is -2.16. The van der Waals surface area contributed by atoms with Crippen molar-refractivity contribution in [3.05, 3.63) is 83.0 Å². The molecule has 1 amide bonds. The Labute approximate surface area is 167 Å². The summed E-state index contributed by atoms with van der Waals surface area (Å²) in [4.78, 5) is 33.8. The second-order valence-electron chi connectivity index (χ2n) is 6.73. The Kier molecular flexibility index (Phi) is 4.87. The molecule has 1 unspecified atom stereocenters. The molecule has 1 aromatic carbocycles. The van der Waals surface area contributed by atoms with E-state index in [1.165, 1.54) is 10.7 Å². The number of benzene rings is 1. The van der Waals surface area contributed by atoms with Crippen LogP contribution in [0.3, 0.4) is 0 Å². The highest BCUT2D eigenvalue weighted by Crippen LogP contribution is 2.23. The van der Waals surface area contributed by atoms with E-state index in [0.717, 1.165) is 22.2 Å². The van der Waals surface area contributed by atoms with Crippen LogP contribution in [0.25, 0.3) is 22.2 Å². The molecule has 0 aliphatic heterocycles. The fourth-order valence-electron chi connectivity index (χ4n) is 3.09. The van der Waals surface area contributed by atoms with Crippen molar-refractivity contribution in [2.75, 3.05) is 5.32 Å². The van der Waals surface area contributed by atoms with Crippen molar-refractivity contribution in [2.45, 2.75) is 19.9 Å². The summed E-state index contributed by atoms with van der Waals surface area (Å²) in [6.45, 7) is 3.56. The van der Waals surface area contributed by atoms with Crippen LogP contribution in [0.15, 0.2) is 71.8 Å². The number of fused-ring (bicyclic) bond motifs is 1. The van der Waals surface area contributed by atoms with E-state index in [-0.39, 0.29) is 11.5 Å².